The Labute approximate surface area is 87.8 Å². The summed E-state index contributed by atoms with van der Waals surface area (Å²) in [6.45, 7) is 11.7. The second-order valence-corrected chi connectivity index (χ2v) is 4.34. The van der Waals surface area contributed by atoms with Gasteiger partial charge in [-0.2, -0.15) is 0 Å². The van der Waals surface area contributed by atoms with Crippen LogP contribution in [0.15, 0.2) is 4.99 Å². The van der Waals surface area contributed by atoms with Gasteiger partial charge in [0.05, 0.1) is 6.04 Å². The number of nitrogens with zero attached hydrogens (tertiary/aromatic N) is 3. The van der Waals surface area contributed by atoms with Crippen LogP contribution in [0, 0.1) is 0 Å². The average molecular weight is 197 g/mol. The molecule has 0 N–H and O–H groups in total. The van der Waals surface area contributed by atoms with Crippen LogP contribution < -0.4 is 0 Å². The molecule has 0 spiro atoms. The van der Waals surface area contributed by atoms with E-state index in [9.17, 15) is 0 Å². The fourth-order valence-corrected chi connectivity index (χ4v) is 1.92. The highest BCUT2D eigenvalue weighted by molar-refractivity contribution is 5.24. The molecule has 0 radical (unpaired) electrons. The minimum absolute atomic E-state index is 0.360. The molecule has 0 aromatic rings. The molecule has 1 saturated heterocycles. The number of rotatable bonds is 6. The maximum atomic E-state index is 4.00. The van der Waals surface area contributed by atoms with E-state index in [-0.39, 0.29) is 0 Å². The number of hydrogen-bond acceptors (Lipinski definition) is 3. The third-order valence-corrected chi connectivity index (χ3v) is 2.88. The Kier molecular flexibility index (Phi) is 5.12. The molecule has 82 valence electrons. The first-order valence-electron chi connectivity index (χ1n) is 5.59. The molecule has 3 nitrogen and oxygen atoms in total. The summed E-state index contributed by atoms with van der Waals surface area (Å²) in [4.78, 5) is 8.89. The van der Waals surface area contributed by atoms with Gasteiger partial charge in [-0.1, -0.05) is 0 Å². The van der Waals surface area contributed by atoms with Crippen molar-refractivity contribution < 1.29 is 0 Å². The first-order valence-corrected chi connectivity index (χ1v) is 5.59. The monoisotopic (exact) mass is 197 g/mol. The van der Waals surface area contributed by atoms with Crippen molar-refractivity contribution in [2.75, 3.05) is 39.8 Å². The number of likely N-dealkylation sites (N-methyl/N-ethyl adjacent to an activating group) is 1. The van der Waals surface area contributed by atoms with E-state index in [4.69, 9.17) is 0 Å². The Balaban J connectivity index is 2.07. The van der Waals surface area contributed by atoms with Crippen LogP contribution in [0.3, 0.4) is 0 Å². The van der Waals surface area contributed by atoms with Crippen molar-refractivity contribution in [1.29, 1.82) is 0 Å². The number of aliphatic imine (C=N–C) groups is 1. The Morgan fingerprint density at radius 1 is 1.43 bits per heavy atom. The van der Waals surface area contributed by atoms with Crippen molar-refractivity contribution in [3.63, 3.8) is 0 Å². The molecule has 1 rings (SSSR count). The molecule has 0 aromatic heterocycles. The summed E-state index contributed by atoms with van der Waals surface area (Å²) < 4.78 is 0. The third kappa shape index (κ3) is 4.20. The van der Waals surface area contributed by atoms with E-state index >= 15 is 0 Å². The SMILES string of the molecule is C=NC(C)CN(C)CCN1CCCC1. The fraction of sp³-hybridized carbons (Fsp3) is 0.909. The fourth-order valence-electron chi connectivity index (χ4n) is 1.92. The molecule has 1 atom stereocenters. The average Bonchev–Trinajstić information content (AvgIpc) is 2.67. The van der Waals surface area contributed by atoms with Crippen molar-refractivity contribution in [3.8, 4) is 0 Å². The first kappa shape index (κ1) is 11.7. The largest absolute Gasteiger partial charge is 0.303 e. The van der Waals surface area contributed by atoms with Crippen molar-refractivity contribution in [2.24, 2.45) is 4.99 Å². The lowest BCUT2D eigenvalue weighted by atomic mass is 10.3. The zero-order chi connectivity index (χ0) is 10.4. The van der Waals surface area contributed by atoms with Crippen LogP contribution in [-0.4, -0.2) is 62.3 Å². The summed E-state index contributed by atoms with van der Waals surface area (Å²) in [5.41, 5.74) is 0. The van der Waals surface area contributed by atoms with Crippen LogP contribution in [0.2, 0.25) is 0 Å². The van der Waals surface area contributed by atoms with Crippen molar-refractivity contribution >= 4 is 6.72 Å². The normalized spacial score (nSPS) is 20.2. The van der Waals surface area contributed by atoms with Gasteiger partial charge in [-0.05, 0) is 46.6 Å². The first-order chi connectivity index (χ1) is 6.72. The summed E-state index contributed by atoms with van der Waals surface area (Å²) in [6.07, 6.45) is 2.77. The minimum Gasteiger partial charge on any atom is -0.303 e. The highest BCUT2D eigenvalue weighted by atomic mass is 15.2. The zero-order valence-electron chi connectivity index (χ0n) is 9.58. The van der Waals surface area contributed by atoms with Crippen molar-refractivity contribution in [3.05, 3.63) is 0 Å². The zero-order valence-corrected chi connectivity index (χ0v) is 9.58. The van der Waals surface area contributed by atoms with E-state index in [1.807, 2.05) is 0 Å². The van der Waals surface area contributed by atoms with Gasteiger partial charge < -0.3 is 9.80 Å². The van der Waals surface area contributed by atoms with Gasteiger partial charge >= 0.3 is 0 Å². The van der Waals surface area contributed by atoms with Crippen LogP contribution in [-0.2, 0) is 0 Å². The Bertz CT molecular complexity index is 164. The van der Waals surface area contributed by atoms with Crippen LogP contribution in [0.25, 0.3) is 0 Å². The Morgan fingerprint density at radius 2 is 2.07 bits per heavy atom. The van der Waals surface area contributed by atoms with Gasteiger partial charge in [0.15, 0.2) is 0 Å². The molecule has 1 fully saturated rings. The van der Waals surface area contributed by atoms with Crippen LogP contribution in [0.4, 0.5) is 0 Å². The molecule has 1 aliphatic rings. The van der Waals surface area contributed by atoms with Crippen LogP contribution in [0.1, 0.15) is 19.8 Å². The molecular formula is C11H23N3. The van der Waals surface area contributed by atoms with E-state index < -0.39 is 0 Å². The van der Waals surface area contributed by atoms with Gasteiger partial charge in [-0.25, -0.2) is 0 Å². The molecule has 0 aliphatic carbocycles. The second-order valence-electron chi connectivity index (χ2n) is 4.34. The summed E-state index contributed by atoms with van der Waals surface area (Å²) in [5, 5.41) is 0. The standard InChI is InChI=1S/C11H23N3/c1-11(12-2)10-13(3)8-9-14-6-4-5-7-14/h11H,2,4-10H2,1,3H3. The molecule has 3 heteroatoms. The second kappa shape index (κ2) is 6.14. The van der Waals surface area contributed by atoms with Gasteiger partial charge in [0.25, 0.3) is 0 Å². The smallest absolute Gasteiger partial charge is 0.0591 e. The van der Waals surface area contributed by atoms with Crippen molar-refractivity contribution in [2.45, 2.75) is 25.8 Å². The minimum atomic E-state index is 0.360. The highest BCUT2D eigenvalue weighted by Gasteiger charge is 2.12. The predicted molar refractivity (Wildman–Crippen MR) is 62.2 cm³/mol. The molecule has 14 heavy (non-hydrogen) atoms. The quantitative estimate of drug-likeness (QED) is 0.594. The third-order valence-electron chi connectivity index (χ3n) is 2.88. The summed E-state index contributed by atoms with van der Waals surface area (Å²) >= 11 is 0. The van der Waals surface area contributed by atoms with Crippen LogP contribution in [0.5, 0.6) is 0 Å². The van der Waals surface area contributed by atoms with Crippen LogP contribution >= 0.6 is 0 Å². The lowest BCUT2D eigenvalue weighted by molar-refractivity contribution is 0.251. The van der Waals surface area contributed by atoms with Crippen molar-refractivity contribution in [1.82, 2.24) is 9.80 Å². The van der Waals surface area contributed by atoms with E-state index in [0.717, 1.165) is 13.1 Å². The lowest BCUT2D eigenvalue weighted by Gasteiger charge is -2.22. The Morgan fingerprint density at radius 3 is 2.64 bits per heavy atom. The number of hydrogen-bond donors (Lipinski definition) is 0. The van der Waals surface area contributed by atoms with E-state index in [2.05, 4.69) is 35.5 Å². The van der Waals surface area contributed by atoms with Gasteiger partial charge in [0.1, 0.15) is 0 Å². The molecule has 1 unspecified atom stereocenters. The van der Waals surface area contributed by atoms with E-state index in [1.165, 1.54) is 32.5 Å². The molecule has 0 aromatic carbocycles. The molecule has 1 heterocycles. The van der Waals surface area contributed by atoms with E-state index in [0.29, 0.717) is 6.04 Å². The van der Waals surface area contributed by atoms with E-state index in [1.54, 1.807) is 0 Å². The topological polar surface area (TPSA) is 18.8 Å². The highest BCUT2D eigenvalue weighted by Crippen LogP contribution is 2.06. The number of likely N-dealkylation sites (tertiary alicyclic amines) is 1. The maximum Gasteiger partial charge on any atom is 0.0591 e. The molecule has 0 saturated carbocycles. The maximum absolute atomic E-state index is 4.00. The van der Waals surface area contributed by atoms with Gasteiger partial charge in [-0.15, -0.1) is 0 Å². The molecule has 0 amide bonds. The van der Waals surface area contributed by atoms with Gasteiger partial charge in [0, 0.05) is 19.6 Å². The summed E-state index contributed by atoms with van der Waals surface area (Å²) in [7, 11) is 2.16. The van der Waals surface area contributed by atoms with Gasteiger partial charge in [-0.3, -0.25) is 4.99 Å². The molecule has 0 bridgehead atoms. The molecular weight excluding hydrogens is 174 g/mol. The summed E-state index contributed by atoms with van der Waals surface area (Å²) in [5.74, 6) is 0. The Hall–Kier alpha value is -0.410. The van der Waals surface area contributed by atoms with Gasteiger partial charge in [0.2, 0.25) is 0 Å². The molecule has 1 aliphatic heterocycles. The summed E-state index contributed by atoms with van der Waals surface area (Å²) in [6, 6.07) is 0.360. The predicted octanol–water partition coefficient (Wildman–Crippen LogP) is 1.10. The lowest BCUT2D eigenvalue weighted by Crippen LogP contribution is -2.34.